The zero-order valence-electron chi connectivity index (χ0n) is 7.68. The number of nitrogens with two attached hydrogens (primary N) is 1. The Balaban J connectivity index is 3.34. The Hall–Kier alpha value is -0.170. The van der Waals surface area contributed by atoms with E-state index in [1.165, 1.54) is 12.2 Å². The summed E-state index contributed by atoms with van der Waals surface area (Å²) in [5.41, 5.74) is 2.78. The molecule has 2 nitrogen and oxygen atoms in total. The molecule has 0 saturated carbocycles. The Morgan fingerprint density at radius 2 is 2.42 bits per heavy atom. The highest BCUT2D eigenvalue weighted by Crippen LogP contribution is 2.07. The predicted octanol–water partition coefficient (Wildman–Crippen LogP) is 1.37. The maximum Gasteiger partial charge on any atom is 0.0310 e. The van der Waals surface area contributed by atoms with Gasteiger partial charge in [-0.15, -0.1) is 12.3 Å². The van der Waals surface area contributed by atoms with Crippen molar-refractivity contribution in [2.24, 2.45) is 5.84 Å². The summed E-state index contributed by atoms with van der Waals surface area (Å²) >= 11 is 1.93. The van der Waals surface area contributed by atoms with Gasteiger partial charge in [0, 0.05) is 18.2 Å². The van der Waals surface area contributed by atoms with E-state index >= 15 is 0 Å². The van der Waals surface area contributed by atoms with E-state index in [0.29, 0.717) is 6.04 Å². The van der Waals surface area contributed by atoms with Crippen LogP contribution in [0.2, 0.25) is 0 Å². The zero-order valence-corrected chi connectivity index (χ0v) is 8.49. The Labute approximate surface area is 79.6 Å². The first-order valence-electron chi connectivity index (χ1n) is 4.32. The fourth-order valence-electron chi connectivity index (χ4n) is 0.842. The van der Waals surface area contributed by atoms with Crippen LogP contribution in [-0.2, 0) is 0 Å². The van der Waals surface area contributed by atoms with Crippen molar-refractivity contribution in [3.63, 3.8) is 0 Å². The molecule has 0 aromatic rings. The quantitative estimate of drug-likeness (QED) is 0.273. The Bertz CT molecular complexity index is 131. The Morgan fingerprint density at radius 1 is 1.67 bits per heavy atom. The summed E-state index contributed by atoms with van der Waals surface area (Å²) in [4.78, 5) is 0. The first kappa shape index (κ1) is 11.8. The van der Waals surface area contributed by atoms with Gasteiger partial charge in [0.15, 0.2) is 0 Å². The summed E-state index contributed by atoms with van der Waals surface area (Å²) in [5, 5.41) is 0. The molecule has 0 spiro atoms. The third-order valence-electron chi connectivity index (χ3n) is 1.54. The van der Waals surface area contributed by atoms with Crippen LogP contribution in [0.15, 0.2) is 0 Å². The van der Waals surface area contributed by atoms with E-state index in [0.717, 1.165) is 18.6 Å². The average Bonchev–Trinajstić information content (AvgIpc) is 2.11. The summed E-state index contributed by atoms with van der Waals surface area (Å²) in [7, 11) is 0. The molecule has 1 unspecified atom stereocenters. The van der Waals surface area contributed by atoms with Gasteiger partial charge in [0.05, 0.1) is 0 Å². The number of hydrogen-bond acceptors (Lipinski definition) is 3. The van der Waals surface area contributed by atoms with Gasteiger partial charge >= 0.3 is 0 Å². The molecule has 0 aliphatic rings. The Morgan fingerprint density at radius 3 is 2.92 bits per heavy atom. The smallest absolute Gasteiger partial charge is 0.0310 e. The Kier molecular flexibility index (Phi) is 8.80. The number of rotatable bonds is 7. The van der Waals surface area contributed by atoms with Gasteiger partial charge < -0.3 is 0 Å². The van der Waals surface area contributed by atoms with Crippen molar-refractivity contribution in [3.8, 4) is 12.3 Å². The lowest BCUT2D eigenvalue weighted by Gasteiger charge is -2.13. The van der Waals surface area contributed by atoms with Crippen molar-refractivity contribution in [3.05, 3.63) is 0 Å². The van der Waals surface area contributed by atoms with Gasteiger partial charge in [-0.3, -0.25) is 11.3 Å². The summed E-state index contributed by atoms with van der Waals surface area (Å²) < 4.78 is 0. The van der Waals surface area contributed by atoms with E-state index in [4.69, 9.17) is 12.3 Å². The fourth-order valence-corrected chi connectivity index (χ4v) is 1.85. The number of hydrogen-bond donors (Lipinski definition) is 2. The van der Waals surface area contributed by atoms with Crippen molar-refractivity contribution in [1.82, 2.24) is 5.43 Å². The maximum atomic E-state index is 5.36. The molecule has 0 amide bonds. The molecule has 3 N–H and O–H groups in total. The normalized spacial score (nSPS) is 12.4. The molecule has 3 heteroatoms. The molecule has 0 fully saturated rings. The molecule has 0 aromatic heterocycles. The van der Waals surface area contributed by atoms with Crippen molar-refractivity contribution < 1.29 is 0 Å². The summed E-state index contributed by atoms with van der Waals surface area (Å²) in [6.07, 6.45) is 8.16. The lowest BCUT2D eigenvalue weighted by atomic mass is 10.2. The standard InChI is InChI=1S/C9H18N2S/c1-3-5-6-9(11-10)8-12-7-4-2/h1,9,11H,4-8,10H2,2H3. The van der Waals surface area contributed by atoms with Crippen molar-refractivity contribution in [2.75, 3.05) is 11.5 Å². The topological polar surface area (TPSA) is 38.0 Å². The van der Waals surface area contributed by atoms with Crippen molar-refractivity contribution >= 4 is 11.8 Å². The van der Waals surface area contributed by atoms with Crippen LogP contribution in [0.25, 0.3) is 0 Å². The lowest BCUT2D eigenvalue weighted by molar-refractivity contribution is 0.547. The van der Waals surface area contributed by atoms with Crippen LogP contribution in [0, 0.1) is 12.3 Å². The molecule has 12 heavy (non-hydrogen) atoms. The number of thioether (sulfide) groups is 1. The number of hydrazine groups is 1. The minimum Gasteiger partial charge on any atom is -0.271 e. The molecule has 0 bridgehead atoms. The van der Waals surface area contributed by atoms with Gasteiger partial charge in [0.1, 0.15) is 0 Å². The molecule has 0 aliphatic heterocycles. The van der Waals surface area contributed by atoms with E-state index in [1.807, 2.05) is 11.8 Å². The minimum atomic E-state index is 0.373. The van der Waals surface area contributed by atoms with E-state index in [2.05, 4.69) is 18.3 Å². The lowest BCUT2D eigenvalue weighted by Crippen LogP contribution is -2.36. The van der Waals surface area contributed by atoms with Crippen molar-refractivity contribution in [2.45, 2.75) is 32.2 Å². The molecular weight excluding hydrogens is 168 g/mol. The molecular formula is C9H18N2S. The van der Waals surface area contributed by atoms with Crippen molar-refractivity contribution in [1.29, 1.82) is 0 Å². The molecule has 0 aliphatic carbocycles. The first-order valence-corrected chi connectivity index (χ1v) is 5.48. The monoisotopic (exact) mass is 186 g/mol. The second-order valence-electron chi connectivity index (χ2n) is 2.68. The first-order chi connectivity index (χ1) is 5.85. The van der Waals surface area contributed by atoms with Gasteiger partial charge in [-0.25, -0.2) is 0 Å². The number of terminal acetylenes is 1. The van der Waals surface area contributed by atoms with E-state index in [-0.39, 0.29) is 0 Å². The highest BCUT2D eigenvalue weighted by atomic mass is 32.2. The van der Waals surface area contributed by atoms with Crippen LogP contribution in [0.5, 0.6) is 0 Å². The van der Waals surface area contributed by atoms with Crippen LogP contribution in [0.3, 0.4) is 0 Å². The molecule has 0 saturated heterocycles. The second kappa shape index (κ2) is 8.92. The summed E-state index contributed by atoms with van der Waals surface area (Å²) in [6.45, 7) is 2.18. The highest BCUT2D eigenvalue weighted by Gasteiger charge is 2.04. The maximum absolute atomic E-state index is 5.36. The molecule has 0 aromatic carbocycles. The molecule has 70 valence electrons. The van der Waals surface area contributed by atoms with Crippen LogP contribution in [0.1, 0.15) is 26.2 Å². The van der Waals surface area contributed by atoms with Gasteiger partial charge in [0.25, 0.3) is 0 Å². The van der Waals surface area contributed by atoms with Gasteiger partial charge in [-0.05, 0) is 18.6 Å². The second-order valence-corrected chi connectivity index (χ2v) is 3.83. The van der Waals surface area contributed by atoms with E-state index in [9.17, 15) is 0 Å². The number of nitrogens with one attached hydrogen (secondary N) is 1. The average molecular weight is 186 g/mol. The molecule has 0 radical (unpaired) electrons. The zero-order chi connectivity index (χ0) is 9.23. The molecule has 0 heterocycles. The van der Waals surface area contributed by atoms with Gasteiger partial charge in [-0.2, -0.15) is 11.8 Å². The summed E-state index contributed by atoms with van der Waals surface area (Å²) in [6, 6.07) is 0.373. The summed E-state index contributed by atoms with van der Waals surface area (Å²) in [5.74, 6) is 10.2. The fraction of sp³-hybridized carbons (Fsp3) is 0.778. The predicted molar refractivity (Wildman–Crippen MR) is 56.8 cm³/mol. The van der Waals surface area contributed by atoms with Crippen LogP contribution in [-0.4, -0.2) is 17.5 Å². The molecule has 1 atom stereocenters. The highest BCUT2D eigenvalue weighted by molar-refractivity contribution is 7.99. The third kappa shape index (κ3) is 6.53. The SMILES string of the molecule is C#CCCC(CSCCC)NN. The van der Waals surface area contributed by atoms with Gasteiger partial charge in [-0.1, -0.05) is 6.92 Å². The van der Waals surface area contributed by atoms with Crippen LogP contribution in [0.4, 0.5) is 0 Å². The van der Waals surface area contributed by atoms with E-state index < -0.39 is 0 Å². The van der Waals surface area contributed by atoms with Gasteiger partial charge in [0.2, 0.25) is 0 Å². The largest absolute Gasteiger partial charge is 0.271 e. The van der Waals surface area contributed by atoms with E-state index in [1.54, 1.807) is 0 Å². The minimum absolute atomic E-state index is 0.373. The van der Waals surface area contributed by atoms with Crippen LogP contribution >= 0.6 is 11.8 Å². The third-order valence-corrected chi connectivity index (χ3v) is 2.88. The van der Waals surface area contributed by atoms with Crippen LogP contribution < -0.4 is 11.3 Å². The molecule has 0 rings (SSSR count).